The van der Waals surface area contributed by atoms with Crippen LogP contribution in [0.2, 0.25) is 0 Å². The number of benzene rings is 2. The van der Waals surface area contributed by atoms with E-state index in [1.165, 1.54) is 18.2 Å². The zero-order valence-corrected chi connectivity index (χ0v) is 17.4. The Bertz CT molecular complexity index is 956. The van der Waals surface area contributed by atoms with Crippen molar-refractivity contribution in [3.63, 3.8) is 0 Å². The van der Waals surface area contributed by atoms with Crippen molar-refractivity contribution in [3.8, 4) is 5.75 Å². The topological polar surface area (TPSA) is 29.5 Å². The van der Waals surface area contributed by atoms with Gasteiger partial charge in [0.2, 0.25) is 11.8 Å². The van der Waals surface area contributed by atoms with Crippen molar-refractivity contribution in [2.75, 3.05) is 17.8 Å². The Morgan fingerprint density at radius 3 is 2.32 bits per heavy atom. The summed E-state index contributed by atoms with van der Waals surface area (Å²) in [6.45, 7) is 0.744. The van der Waals surface area contributed by atoms with E-state index in [0.717, 1.165) is 48.9 Å². The van der Waals surface area contributed by atoms with Crippen molar-refractivity contribution in [1.82, 2.24) is 0 Å². The Balaban J connectivity index is 2.14. The summed E-state index contributed by atoms with van der Waals surface area (Å²) in [5, 5.41) is 0. The minimum absolute atomic E-state index is 0.0551. The maximum absolute atomic E-state index is 13.6. The molecule has 1 amide bonds. The maximum atomic E-state index is 13.6. The van der Waals surface area contributed by atoms with Gasteiger partial charge in [-0.05, 0) is 49.7 Å². The number of ether oxygens (including phenoxy) is 1. The van der Waals surface area contributed by atoms with E-state index in [2.05, 4.69) is 0 Å². The fourth-order valence-electron chi connectivity index (χ4n) is 3.28. The molecule has 3 nitrogen and oxygen atoms in total. The van der Waals surface area contributed by atoms with Crippen LogP contribution in [0.15, 0.2) is 41.3 Å². The third kappa shape index (κ3) is 5.28. The molecule has 31 heavy (non-hydrogen) atoms. The van der Waals surface area contributed by atoms with Crippen molar-refractivity contribution >= 4 is 29.0 Å². The molecule has 0 bridgehead atoms. The van der Waals surface area contributed by atoms with E-state index in [9.17, 15) is 31.1 Å². The number of fused-ring (bicyclic) bond motifs is 1. The molecule has 1 heterocycles. The molecule has 0 aromatic heterocycles. The Morgan fingerprint density at radius 2 is 1.77 bits per heavy atom. The van der Waals surface area contributed by atoms with Gasteiger partial charge in [0.05, 0.1) is 18.4 Å². The van der Waals surface area contributed by atoms with Gasteiger partial charge in [-0.2, -0.15) is 13.2 Å². The fraction of sp³-hybridized carbons (Fsp3) is 0.381. The first-order valence-electron chi connectivity index (χ1n) is 9.30. The van der Waals surface area contributed by atoms with Crippen LogP contribution >= 0.6 is 11.8 Å². The van der Waals surface area contributed by atoms with Gasteiger partial charge in [0.1, 0.15) is 11.6 Å². The number of hydrogen-bond acceptors (Lipinski definition) is 3. The minimum Gasteiger partial charge on any atom is -0.496 e. The number of anilines is 2. The van der Waals surface area contributed by atoms with Gasteiger partial charge in [0, 0.05) is 28.7 Å². The van der Waals surface area contributed by atoms with Crippen LogP contribution < -0.4 is 9.64 Å². The molecule has 10 heteroatoms. The summed E-state index contributed by atoms with van der Waals surface area (Å²) >= 11 is 1.09. The van der Waals surface area contributed by atoms with Crippen LogP contribution in [0.1, 0.15) is 25.3 Å². The van der Waals surface area contributed by atoms with E-state index in [1.807, 2.05) is 0 Å². The lowest BCUT2D eigenvalue weighted by Gasteiger charge is -2.27. The molecule has 0 saturated heterocycles. The smallest absolute Gasteiger partial charge is 0.420 e. The van der Waals surface area contributed by atoms with Gasteiger partial charge in [-0.3, -0.25) is 9.69 Å². The van der Waals surface area contributed by atoms with Gasteiger partial charge in [-0.1, -0.05) is 0 Å². The zero-order valence-electron chi connectivity index (χ0n) is 16.6. The molecule has 0 spiro atoms. The number of carbonyl (C=O) groups excluding carboxylic acids is 1. The van der Waals surface area contributed by atoms with Gasteiger partial charge in [0.25, 0.3) is 0 Å². The Kier molecular flexibility index (Phi) is 6.50. The second kappa shape index (κ2) is 8.64. The largest absolute Gasteiger partial charge is 0.496 e. The number of carbonyl (C=O) groups is 1. The number of methoxy groups -OCH3 is 1. The van der Waals surface area contributed by atoms with Crippen LogP contribution in [0.4, 0.5) is 37.7 Å². The first-order valence-corrected chi connectivity index (χ1v) is 10.3. The highest BCUT2D eigenvalue weighted by Gasteiger charge is 2.39. The molecule has 2 aromatic rings. The van der Waals surface area contributed by atoms with Crippen LogP contribution in [0, 0.1) is 11.7 Å². The highest BCUT2D eigenvalue weighted by molar-refractivity contribution is 7.99. The van der Waals surface area contributed by atoms with Crippen LogP contribution in [-0.4, -0.2) is 24.7 Å². The molecule has 0 radical (unpaired) electrons. The Hall–Kier alpha value is -2.36. The molecule has 168 valence electrons. The minimum atomic E-state index is -4.75. The first-order chi connectivity index (χ1) is 14.4. The number of halogens is 6. The molecule has 1 atom stereocenters. The average Bonchev–Trinajstić information content (AvgIpc) is 2.81. The monoisotopic (exact) mass is 463 g/mol. The van der Waals surface area contributed by atoms with Gasteiger partial charge in [0.15, 0.2) is 0 Å². The number of rotatable bonds is 5. The Labute approximate surface area is 179 Å². The van der Waals surface area contributed by atoms with Crippen LogP contribution in [0.25, 0.3) is 0 Å². The fourth-order valence-corrected chi connectivity index (χ4v) is 4.46. The summed E-state index contributed by atoms with van der Waals surface area (Å²) in [6, 6.07) is 6.65. The van der Waals surface area contributed by atoms with Crippen molar-refractivity contribution in [3.05, 3.63) is 47.8 Å². The quantitative estimate of drug-likeness (QED) is 0.464. The number of hydrogen-bond donors (Lipinski definition) is 0. The second-order valence-electron chi connectivity index (χ2n) is 7.28. The SMILES string of the molecule is COc1cc2c(cc1C(F)(F)F)N(c1ccc(F)cc1)C(=O)C(CCC(C)(F)F)CS2. The van der Waals surface area contributed by atoms with Crippen molar-refractivity contribution in [2.45, 2.75) is 36.8 Å². The molecule has 2 aromatic carbocycles. The maximum Gasteiger partial charge on any atom is 0.420 e. The molecule has 0 saturated carbocycles. The molecule has 1 aliphatic heterocycles. The second-order valence-corrected chi connectivity index (χ2v) is 8.35. The molecular weight excluding hydrogens is 444 g/mol. The molecular formula is C21H19F6NO2S. The van der Waals surface area contributed by atoms with Crippen molar-refractivity contribution < 1.29 is 35.9 Å². The summed E-state index contributed by atoms with van der Waals surface area (Å²) in [5.41, 5.74) is -0.991. The zero-order chi connectivity index (χ0) is 23.0. The van der Waals surface area contributed by atoms with Gasteiger partial charge < -0.3 is 4.74 Å². The van der Waals surface area contributed by atoms with E-state index in [1.54, 1.807) is 0 Å². The summed E-state index contributed by atoms with van der Waals surface area (Å²) in [5.74, 6) is -5.38. The first kappa shape index (κ1) is 23.3. The summed E-state index contributed by atoms with van der Waals surface area (Å²) < 4.78 is 85.9. The summed E-state index contributed by atoms with van der Waals surface area (Å²) in [6.07, 6.45) is -5.45. The van der Waals surface area contributed by atoms with Crippen LogP contribution in [0.5, 0.6) is 5.75 Å². The molecule has 1 unspecified atom stereocenters. The average molecular weight is 463 g/mol. The molecule has 1 aliphatic rings. The van der Waals surface area contributed by atoms with E-state index >= 15 is 0 Å². The van der Waals surface area contributed by atoms with Gasteiger partial charge in [-0.15, -0.1) is 11.8 Å². The third-order valence-electron chi connectivity index (χ3n) is 4.85. The highest BCUT2D eigenvalue weighted by Crippen LogP contribution is 2.47. The Morgan fingerprint density at radius 1 is 1.13 bits per heavy atom. The molecule has 0 aliphatic carbocycles. The molecule has 3 rings (SSSR count). The van der Waals surface area contributed by atoms with E-state index in [4.69, 9.17) is 4.74 Å². The third-order valence-corrected chi connectivity index (χ3v) is 6.06. The molecule has 0 N–H and O–H groups in total. The predicted molar refractivity (Wildman–Crippen MR) is 106 cm³/mol. The van der Waals surface area contributed by atoms with E-state index < -0.39 is 47.5 Å². The lowest BCUT2D eigenvalue weighted by Crippen LogP contribution is -2.33. The van der Waals surface area contributed by atoms with E-state index in [-0.39, 0.29) is 23.5 Å². The standard InChI is InChI=1S/C21H19F6NO2S/c1-20(23,24)8-7-12-11-31-18-10-17(30-2)15(21(25,26)27)9-16(18)28(19(12)29)14-5-3-13(22)4-6-14/h3-6,9-10,12H,7-8,11H2,1-2H3. The number of amides is 1. The van der Waals surface area contributed by atoms with Gasteiger partial charge in [-0.25, -0.2) is 13.2 Å². The number of thioether (sulfide) groups is 1. The van der Waals surface area contributed by atoms with Gasteiger partial charge >= 0.3 is 6.18 Å². The van der Waals surface area contributed by atoms with E-state index in [0.29, 0.717) is 4.90 Å². The van der Waals surface area contributed by atoms with Crippen molar-refractivity contribution in [2.24, 2.45) is 5.92 Å². The lowest BCUT2D eigenvalue weighted by atomic mass is 10.00. The predicted octanol–water partition coefficient (Wildman–Crippen LogP) is 6.68. The van der Waals surface area contributed by atoms with Crippen LogP contribution in [0.3, 0.4) is 0 Å². The number of nitrogens with zero attached hydrogens (tertiary/aromatic N) is 1. The lowest BCUT2D eigenvalue weighted by molar-refractivity contribution is -0.138. The van der Waals surface area contributed by atoms with Crippen LogP contribution in [-0.2, 0) is 11.0 Å². The van der Waals surface area contributed by atoms with Crippen molar-refractivity contribution in [1.29, 1.82) is 0 Å². The summed E-state index contributed by atoms with van der Waals surface area (Å²) in [7, 11) is 1.10. The number of alkyl halides is 5. The highest BCUT2D eigenvalue weighted by atomic mass is 32.2. The molecule has 0 fully saturated rings. The normalized spacial score (nSPS) is 17.4. The summed E-state index contributed by atoms with van der Waals surface area (Å²) in [4.78, 5) is 14.7.